The van der Waals surface area contributed by atoms with E-state index >= 15 is 0 Å². The van der Waals surface area contributed by atoms with Crippen LogP contribution >= 0.6 is 0 Å². The molecule has 7 heteroatoms. The molecule has 1 amide bonds. The fourth-order valence-corrected chi connectivity index (χ4v) is 2.22. The van der Waals surface area contributed by atoms with E-state index in [9.17, 15) is 9.59 Å². The fraction of sp³-hybridized carbons (Fsp3) is 0.300. The summed E-state index contributed by atoms with van der Waals surface area (Å²) in [4.78, 5) is 23.6. The molecule has 0 fully saturated rings. The molecule has 0 aliphatic heterocycles. The third-order valence-corrected chi connectivity index (χ3v) is 3.63. The zero-order valence-electron chi connectivity index (χ0n) is 15.6. The Balaban J connectivity index is 1.71. The van der Waals surface area contributed by atoms with Gasteiger partial charge in [0.05, 0.1) is 27.2 Å². The van der Waals surface area contributed by atoms with Crippen LogP contribution in [-0.4, -0.2) is 39.3 Å². The quantitative estimate of drug-likeness (QED) is 0.681. The number of benzene rings is 2. The van der Waals surface area contributed by atoms with Crippen LogP contribution in [-0.2, 0) is 14.3 Å². The zero-order chi connectivity index (χ0) is 19.6. The van der Waals surface area contributed by atoms with Gasteiger partial charge < -0.3 is 24.3 Å². The van der Waals surface area contributed by atoms with Crippen LogP contribution in [0.2, 0.25) is 0 Å². The molecule has 0 radical (unpaired) electrons. The highest BCUT2D eigenvalue weighted by Crippen LogP contribution is 2.29. The van der Waals surface area contributed by atoms with Gasteiger partial charge in [0.2, 0.25) is 0 Å². The molecule has 2 rings (SSSR count). The highest BCUT2D eigenvalue weighted by Gasteiger charge is 2.10. The lowest BCUT2D eigenvalue weighted by Crippen LogP contribution is -2.21. The summed E-state index contributed by atoms with van der Waals surface area (Å²) in [5, 5.41) is 2.63. The van der Waals surface area contributed by atoms with Gasteiger partial charge in [-0.25, -0.2) is 0 Å². The van der Waals surface area contributed by atoms with Crippen LogP contribution < -0.4 is 19.5 Å². The summed E-state index contributed by atoms with van der Waals surface area (Å²) < 4.78 is 20.7. The van der Waals surface area contributed by atoms with Gasteiger partial charge >= 0.3 is 5.97 Å². The maximum atomic E-state index is 11.9. The maximum absolute atomic E-state index is 11.9. The van der Waals surface area contributed by atoms with Crippen LogP contribution in [0.4, 0.5) is 5.69 Å². The van der Waals surface area contributed by atoms with Crippen LogP contribution in [0, 0.1) is 6.92 Å². The number of anilines is 1. The minimum absolute atomic E-state index is 0.0531. The topological polar surface area (TPSA) is 83.1 Å². The first-order valence-corrected chi connectivity index (χ1v) is 8.39. The van der Waals surface area contributed by atoms with E-state index < -0.39 is 11.9 Å². The average molecular weight is 373 g/mol. The van der Waals surface area contributed by atoms with Crippen LogP contribution in [0.15, 0.2) is 42.5 Å². The Labute approximate surface area is 158 Å². The first kappa shape index (κ1) is 20.1. The van der Waals surface area contributed by atoms with Gasteiger partial charge in [0, 0.05) is 11.8 Å². The van der Waals surface area contributed by atoms with Crippen molar-refractivity contribution >= 4 is 17.6 Å². The molecule has 27 heavy (non-hydrogen) atoms. The second-order valence-electron chi connectivity index (χ2n) is 5.69. The SMILES string of the molecule is COc1ccc(NC(=O)COC(=O)CCOc2ccc(C)cc2)cc1OC. The normalized spacial score (nSPS) is 10.0. The summed E-state index contributed by atoms with van der Waals surface area (Å²) >= 11 is 0. The predicted octanol–water partition coefficient (Wildman–Crippen LogP) is 2.96. The third-order valence-electron chi connectivity index (χ3n) is 3.63. The Morgan fingerprint density at radius 3 is 2.33 bits per heavy atom. The molecule has 0 saturated heterocycles. The summed E-state index contributed by atoms with van der Waals surface area (Å²) in [6, 6.07) is 12.5. The second kappa shape index (κ2) is 10.1. The van der Waals surface area contributed by atoms with Gasteiger partial charge in [0.1, 0.15) is 5.75 Å². The highest BCUT2D eigenvalue weighted by atomic mass is 16.5. The summed E-state index contributed by atoms with van der Waals surface area (Å²) in [5.41, 5.74) is 1.64. The highest BCUT2D eigenvalue weighted by molar-refractivity contribution is 5.93. The average Bonchev–Trinajstić information content (AvgIpc) is 2.67. The molecular formula is C20H23NO6. The van der Waals surface area contributed by atoms with Gasteiger partial charge in [-0.2, -0.15) is 0 Å². The second-order valence-corrected chi connectivity index (χ2v) is 5.69. The number of methoxy groups -OCH3 is 2. The predicted molar refractivity (Wildman–Crippen MR) is 100 cm³/mol. The maximum Gasteiger partial charge on any atom is 0.309 e. The standard InChI is InChI=1S/C20H23NO6/c1-14-4-7-16(8-5-14)26-11-10-20(23)27-13-19(22)21-15-6-9-17(24-2)18(12-15)25-3/h4-9,12H,10-11,13H2,1-3H3,(H,21,22). The molecule has 7 nitrogen and oxygen atoms in total. The summed E-state index contributed by atoms with van der Waals surface area (Å²) in [6.45, 7) is 1.78. The van der Waals surface area contributed by atoms with E-state index in [0.717, 1.165) is 5.56 Å². The molecule has 0 atom stereocenters. The lowest BCUT2D eigenvalue weighted by Gasteiger charge is -2.11. The largest absolute Gasteiger partial charge is 0.493 e. The van der Waals surface area contributed by atoms with Crippen molar-refractivity contribution in [3.05, 3.63) is 48.0 Å². The molecule has 0 heterocycles. The van der Waals surface area contributed by atoms with Crippen molar-refractivity contribution in [3.63, 3.8) is 0 Å². The van der Waals surface area contributed by atoms with Gasteiger partial charge in [-0.3, -0.25) is 9.59 Å². The van der Waals surface area contributed by atoms with Crippen LogP contribution in [0.25, 0.3) is 0 Å². The molecule has 0 aliphatic rings. The Hall–Kier alpha value is -3.22. The molecule has 2 aromatic carbocycles. The molecule has 0 unspecified atom stereocenters. The van der Waals surface area contributed by atoms with Crippen molar-refractivity contribution in [1.82, 2.24) is 0 Å². The first-order valence-electron chi connectivity index (χ1n) is 8.39. The summed E-state index contributed by atoms with van der Waals surface area (Å²) in [7, 11) is 3.03. The smallest absolute Gasteiger partial charge is 0.309 e. The Morgan fingerprint density at radius 1 is 0.963 bits per heavy atom. The minimum Gasteiger partial charge on any atom is -0.493 e. The number of carbonyl (C=O) groups is 2. The molecular weight excluding hydrogens is 350 g/mol. The van der Waals surface area contributed by atoms with Gasteiger partial charge in [-0.05, 0) is 31.2 Å². The number of hydrogen-bond donors (Lipinski definition) is 1. The van der Waals surface area contributed by atoms with E-state index in [4.69, 9.17) is 18.9 Å². The lowest BCUT2D eigenvalue weighted by molar-refractivity contribution is -0.147. The van der Waals surface area contributed by atoms with Gasteiger partial charge in [0.25, 0.3) is 5.91 Å². The Bertz CT molecular complexity index is 773. The van der Waals surface area contributed by atoms with Gasteiger partial charge in [0.15, 0.2) is 18.1 Å². The van der Waals surface area contributed by atoms with Gasteiger partial charge in [-0.15, -0.1) is 0 Å². The van der Waals surface area contributed by atoms with Crippen LogP contribution in [0.1, 0.15) is 12.0 Å². The first-order chi connectivity index (χ1) is 13.0. The molecule has 2 aromatic rings. The molecule has 0 spiro atoms. The molecule has 0 aromatic heterocycles. The molecule has 0 aliphatic carbocycles. The van der Waals surface area contributed by atoms with Crippen molar-refractivity contribution in [2.75, 3.05) is 32.8 Å². The van der Waals surface area contributed by atoms with E-state index in [1.165, 1.54) is 14.2 Å². The molecule has 144 valence electrons. The van der Waals surface area contributed by atoms with Crippen molar-refractivity contribution in [2.45, 2.75) is 13.3 Å². The van der Waals surface area contributed by atoms with Gasteiger partial charge in [-0.1, -0.05) is 17.7 Å². The Kier molecular flexibility index (Phi) is 7.49. The molecule has 0 bridgehead atoms. The zero-order valence-corrected chi connectivity index (χ0v) is 15.6. The summed E-state index contributed by atoms with van der Waals surface area (Å²) in [6.07, 6.45) is 0.0531. The van der Waals surface area contributed by atoms with E-state index in [1.54, 1.807) is 18.2 Å². The van der Waals surface area contributed by atoms with Crippen LogP contribution in [0.3, 0.4) is 0 Å². The lowest BCUT2D eigenvalue weighted by atomic mass is 10.2. The number of ether oxygens (including phenoxy) is 4. The number of aryl methyl sites for hydroxylation is 1. The van der Waals surface area contributed by atoms with E-state index in [1.807, 2.05) is 31.2 Å². The van der Waals surface area contributed by atoms with E-state index in [2.05, 4.69) is 5.32 Å². The van der Waals surface area contributed by atoms with Crippen molar-refractivity contribution in [1.29, 1.82) is 0 Å². The number of nitrogens with one attached hydrogen (secondary N) is 1. The number of esters is 1. The monoisotopic (exact) mass is 373 g/mol. The Morgan fingerprint density at radius 2 is 1.67 bits per heavy atom. The third kappa shape index (κ3) is 6.54. The number of rotatable bonds is 9. The van der Waals surface area contributed by atoms with E-state index in [0.29, 0.717) is 22.9 Å². The molecule has 0 saturated carbocycles. The number of hydrogen-bond acceptors (Lipinski definition) is 6. The summed E-state index contributed by atoms with van der Waals surface area (Å²) in [5.74, 6) is 0.759. The van der Waals surface area contributed by atoms with E-state index in [-0.39, 0.29) is 19.6 Å². The minimum atomic E-state index is -0.510. The molecule has 1 N–H and O–H groups in total. The van der Waals surface area contributed by atoms with Crippen molar-refractivity contribution in [3.8, 4) is 17.2 Å². The fourth-order valence-electron chi connectivity index (χ4n) is 2.22. The van der Waals surface area contributed by atoms with Crippen molar-refractivity contribution < 1.29 is 28.5 Å². The van der Waals surface area contributed by atoms with Crippen LogP contribution in [0.5, 0.6) is 17.2 Å². The van der Waals surface area contributed by atoms with Crippen molar-refractivity contribution in [2.24, 2.45) is 0 Å². The number of carbonyl (C=O) groups excluding carboxylic acids is 2. The number of amides is 1.